The SMILES string of the molecule is CCc1nn(C)cc1NC(C)c1ccnn1C. The summed E-state index contributed by atoms with van der Waals surface area (Å²) >= 11 is 0. The van der Waals surface area contributed by atoms with Gasteiger partial charge in [-0.05, 0) is 19.4 Å². The number of aryl methyl sites for hydroxylation is 3. The maximum Gasteiger partial charge on any atom is 0.0853 e. The van der Waals surface area contributed by atoms with Gasteiger partial charge in [-0.25, -0.2) is 0 Å². The van der Waals surface area contributed by atoms with Crippen LogP contribution in [0.5, 0.6) is 0 Å². The highest BCUT2D eigenvalue weighted by atomic mass is 15.3. The van der Waals surface area contributed by atoms with Crippen LogP contribution >= 0.6 is 0 Å². The van der Waals surface area contributed by atoms with Gasteiger partial charge in [0.2, 0.25) is 0 Å². The van der Waals surface area contributed by atoms with Gasteiger partial charge in [-0.2, -0.15) is 10.2 Å². The molecule has 0 bridgehead atoms. The third-order valence-electron chi connectivity index (χ3n) is 2.91. The van der Waals surface area contributed by atoms with Crippen LogP contribution in [0, 0.1) is 0 Å². The zero-order valence-corrected chi connectivity index (χ0v) is 10.8. The van der Waals surface area contributed by atoms with E-state index in [1.807, 2.05) is 41.9 Å². The van der Waals surface area contributed by atoms with Crippen molar-refractivity contribution in [3.63, 3.8) is 0 Å². The predicted octanol–water partition coefficient (Wildman–Crippen LogP) is 1.89. The van der Waals surface area contributed by atoms with Gasteiger partial charge in [-0.3, -0.25) is 9.36 Å². The molecule has 0 fully saturated rings. The Morgan fingerprint density at radius 1 is 1.41 bits per heavy atom. The van der Waals surface area contributed by atoms with E-state index in [9.17, 15) is 0 Å². The number of nitrogens with zero attached hydrogens (tertiary/aromatic N) is 4. The lowest BCUT2D eigenvalue weighted by molar-refractivity contribution is 0.675. The molecule has 0 amide bonds. The Bertz CT molecular complexity index is 497. The Hall–Kier alpha value is -1.78. The molecule has 2 aromatic rings. The predicted molar refractivity (Wildman–Crippen MR) is 67.8 cm³/mol. The summed E-state index contributed by atoms with van der Waals surface area (Å²) in [5.41, 5.74) is 3.36. The van der Waals surface area contributed by atoms with Crippen LogP contribution in [0.1, 0.15) is 31.3 Å². The molecule has 0 aliphatic heterocycles. The van der Waals surface area contributed by atoms with Gasteiger partial charge in [0.1, 0.15) is 0 Å². The van der Waals surface area contributed by atoms with Crippen LogP contribution in [0.4, 0.5) is 5.69 Å². The molecule has 1 unspecified atom stereocenters. The maximum absolute atomic E-state index is 4.42. The molecule has 2 rings (SSSR count). The summed E-state index contributed by atoms with van der Waals surface area (Å²) in [4.78, 5) is 0. The molecular weight excluding hydrogens is 214 g/mol. The average molecular weight is 233 g/mol. The molecule has 92 valence electrons. The lowest BCUT2D eigenvalue weighted by Crippen LogP contribution is -2.11. The molecular formula is C12H19N5. The minimum absolute atomic E-state index is 0.219. The Balaban J connectivity index is 2.18. The Labute approximate surface area is 101 Å². The van der Waals surface area contributed by atoms with E-state index in [1.54, 1.807) is 0 Å². The highest BCUT2D eigenvalue weighted by molar-refractivity contribution is 5.47. The largest absolute Gasteiger partial charge is 0.374 e. The molecule has 0 radical (unpaired) electrons. The number of rotatable bonds is 4. The zero-order chi connectivity index (χ0) is 12.4. The molecule has 0 saturated carbocycles. The first-order valence-corrected chi connectivity index (χ1v) is 5.88. The van der Waals surface area contributed by atoms with E-state index in [0.717, 1.165) is 23.5 Å². The van der Waals surface area contributed by atoms with Crippen LogP contribution in [-0.4, -0.2) is 19.6 Å². The van der Waals surface area contributed by atoms with Crippen molar-refractivity contribution >= 4 is 5.69 Å². The van der Waals surface area contributed by atoms with Gasteiger partial charge < -0.3 is 5.32 Å². The van der Waals surface area contributed by atoms with Crippen molar-refractivity contribution in [2.75, 3.05) is 5.32 Å². The summed E-state index contributed by atoms with van der Waals surface area (Å²) in [6.07, 6.45) is 4.77. The number of nitrogens with one attached hydrogen (secondary N) is 1. The second-order valence-electron chi connectivity index (χ2n) is 4.26. The quantitative estimate of drug-likeness (QED) is 0.877. The molecule has 1 N–H and O–H groups in total. The van der Waals surface area contributed by atoms with Gasteiger partial charge in [0.15, 0.2) is 0 Å². The summed E-state index contributed by atoms with van der Waals surface area (Å²) in [6, 6.07) is 2.25. The zero-order valence-electron chi connectivity index (χ0n) is 10.8. The number of anilines is 1. The number of hydrogen-bond donors (Lipinski definition) is 1. The van der Waals surface area contributed by atoms with Crippen molar-refractivity contribution < 1.29 is 0 Å². The van der Waals surface area contributed by atoms with Gasteiger partial charge in [0.25, 0.3) is 0 Å². The van der Waals surface area contributed by atoms with Crippen LogP contribution in [0.2, 0.25) is 0 Å². The van der Waals surface area contributed by atoms with E-state index in [0.29, 0.717) is 0 Å². The summed E-state index contributed by atoms with van der Waals surface area (Å²) < 4.78 is 3.73. The van der Waals surface area contributed by atoms with Crippen molar-refractivity contribution in [2.45, 2.75) is 26.3 Å². The molecule has 0 saturated heterocycles. The second kappa shape index (κ2) is 4.61. The van der Waals surface area contributed by atoms with Crippen molar-refractivity contribution in [2.24, 2.45) is 14.1 Å². The van der Waals surface area contributed by atoms with E-state index in [2.05, 4.69) is 29.4 Å². The third kappa shape index (κ3) is 2.33. The topological polar surface area (TPSA) is 47.7 Å². The lowest BCUT2D eigenvalue weighted by atomic mass is 10.2. The van der Waals surface area contributed by atoms with E-state index in [4.69, 9.17) is 0 Å². The molecule has 0 aromatic carbocycles. The fraction of sp³-hybridized carbons (Fsp3) is 0.500. The number of hydrogen-bond acceptors (Lipinski definition) is 3. The average Bonchev–Trinajstić information content (AvgIpc) is 2.84. The van der Waals surface area contributed by atoms with Gasteiger partial charge in [0.05, 0.1) is 23.1 Å². The summed E-state index contributed by atoms with van der Waals surface area (Å²) in [7, 11) is 3.90. The van der Waals surface area contributed by atoms with Crippen molar-refractivity contribution in [1.29, 1.82) is 0 Å². The second-order valence-corrected chi connectivity index (χ2v) is 4.26. The number of aromatic nitrogens is 4. The van der Waals surface area contributed by atoms with Crippen LogP contribution in [-0.2, 0) is 20.5 Å². The lowest BCUT2D eigenvalue weighted by Gasteiger charge is -2.14. The third-order valence-corrected chi connectivity index (χ3v) is 2.91. The van der Waals surface area contributed by atoms with Gasteiger partial charge >= 0.3 is 0 Å². The normalized spacial score (nSPS) is 12.7. The molecule has 2 aromatic heterocycles. The minimum Gasteiger partial charge on any atom is -0.374 e. The van der Waals surface area contributed by atoms with Gasteiger partial charge in [-0.15, -0.1) is 0 Å². The van der Waals surface area contributed by atoms with Crippen LogP contribution in [0.25, 0.3) is 0 Å². The summed E-state index contributed by atoms with van der Waals surface area (Å²) in [5.74, 6) is 0. The highest BCUT2D eigenvalue weighted by Crippen LogP contribution is 2.21. The minimum atomic E-state index is 0.219. The van der Waals surface area contributed by atoms with E-state index < -0.39 is 0 Å². The molecule has 5 nitrogen and oxygen atoms in total. The van der Waals surface area contributed by atoms with E-state index >= 15 is 0 Å². The smallest absolute Gasteiger partial charge is 0.0853 e. The standard InChI is InChI=1S/C12H19N5/c1-5-10-11(8-16(3)15-10)14-9(2)12-6-7-13-17(12)4/h6-9,14H,5H2,1-4H3. The fourth-order valence-electron chi connectivity index (χ4n) is 2.03. The Morgan fingerprint density at radius 2 is 2.18 bits per heavy atom. The van der Waals surface area contributed by atoms with Gasteiger partial charge in [-0.1, -0.05) is 6.92 Å². The van der Waals surface area contributed by atoms with Crippen LogP contribution in [0.3, 0.4) is 0 Å². The molecule has 0 spiro atoms. The van der Waals surface area contributed by atoms with Gasteiger partial charge in [0, 0.05) is 26.5 Å². The summed E-state index contributed by atoms with van der Waals surface area (Å²) in [6.45, 7) is 4.24. The van der Waals surface area contributed by atoms with Crippen LogP contribution < -0.4 is 5.32 Å². The summed E-state index contributed by atoms with van der Waals surface area (Å²) in [5, 5.41) is 12.1. The molecule has 0 aliphatic rings. The van der Waals surface area contributed by atoms with E-state index in [-0.39, 0.29) is 6.04 Å². The first kappa shape index (κ1) is 11.7. The Kier molecular flexibility index (Phi) is 3.17. The maximum atomic E-state index is 4.42. The molecule has 5 heteroatoms. The molecule has 2 heterocycles. The highest BCUT2D eigenvalue weighted by Gasteiger charge is 2.12. The van der Waals surface area contributed by atoms with E-state index in [1.165, 1.54) is 0 Å². The fourth-order valence-corrected chi connectivity index (χ4v) is 2.03. The monoisotopic (exact) mass is 233 g/mol. The first-order valence-electron chi connectivity index (χ1n) is 5.88. The van der Waals surface area contributed by atoms with Crippen LogP contribution in [0.15, 0.2) is 18.5 Å². The van der Waals surface area contributed by atoms with Crippen molar-refractivity contribution in [3.05, 3.63) is 29.8 Å². The molecule has 0 aliphatic carbocycles. The molecule has 1 atom stereocenters. The molecule has 17 heavy (non-hydrogen) atoms. The Morgan fingerprint density at radius 3 is 2.76 bits per heavy atom. The first-order chi connectivity index (χ1) is 8.11. The van der Waals surface area contributed by atoms with Crippen molar-refractivity contribution in [1.82, 2.24) is 19.6 Å². The van der Waals surface area contributed by atoms with Crippen molar-refractivity contribution in [3.8, 4) is 0 Å².